The van der Waals surface area contributed by atoms with Crippen molar-refractivity contribution < 1.29 is 4.79 Å². The van der Waals surface area contributed by atoms with E-state index in [-0.39, 0.29) is 10.8 Å². The van der Waals surface area contributed by atoms with Crippen molar-refractivity contribution in [1.82, 2.24) is 0 Å². The Hall–Kier alpha value is -0.850. The van der Waals surface area contributed by atoms with Gasteiger partial charge in [-0.05, 0) is 48.3 Å². The maximum absolute atomic E-state index is 13.7. The number of carbonyl (C=O) groups is 1. The van der Waals surface area contributed by atoms with Crippen LogP contribution < -0.4 is 0 Å². The van der Waals surface area contributed by atoms with Gasteiger partial charge in [-0.2, -0.15) is 0 Å². The summed E-state index contributed by atoms with van der Waals surface area (Å²) in [5.41, 5.74) is 1.93. The van der Waals surface area contributed by atoms with Crippen LogP contribution in [0.25, 0.3) is 0 Å². The molecule has 0 aromatic heterocycles. The number of hydrogen-bond acceptors (Lipinski definition) is 1. The fourth-order valence-electron chi connectivity index (χ4n) is 4.55. The minimum Gasteiger partial charge on any atom is -0.289 e. The molecule has 1 nitrogen and oxygen atoms in total. The van der Waals surface area contributed by atoms with Crippen molar-refractivity contribution in [2.75, 3.05) is 0 Å². The molecular formula is C25H42O. The second kappa shape index (κ2) is 8.89. The third kappa shape index (κ3) is 6.10. The predicted molar refractivity (Wildman–Crippen MR) is 113 cm³/mol. The van der Waals surface area contributed by atoms with Crippen LogP contribution in [0.1, 0.15) is 106 Å². The molecule has 2 aliphatic carbocycles. The molecule has 0 radical (unpaired) electrons. The second-order valence-electron chi connectivity index (χ2n) is 10.8. The van der Waals surface area contributed by atoms with E-state index in [0.29, 0.717) is 17.6 Å². The molecule has 0 heterocycles. The van der Waals surface area contributed by atoms with Gasteiger partial charge >= 0.3 is 0 Å². The van der Waals surface area contributed by atoms with Crippen molar-refractivity contribution in [1.29, 1.82) is 0 Å². The Balaban J connectivity index is 2.35. The minimum absolute atomic E-state index is 0.0918. The lowest BCUT2D eigenvalue weighted by molar-refractivity contribution is -0.114. The lowest BCUT2D eigenvalue weighted by atomic mass is 9.72. The van der Waals surface area contributed by atoms with Gasteiger partial charge in [0.1, 0.15) is 0 Å². The molecule has 0 bridgehead atoms. The highest BCUT2D eigenvalue weighted by Gasteiger charge is 2.33. The van der Waals surface area contributed by atoms with Gasteiger partial charge in [-0.25, -0.2) is 0 Å². The molecule has 2 fully saturated rings. The van der Waals surface area contributed by atoms with Gasteiger partial charge in [-0.15, -0.1) is 0 Å². The van der Waals surface area contributed by atoms with E-state index >= 15 is 0 Å². The number of ketones is 1. The van der Waals surface area contributed by atoms with Crippen LogP contribution in [0.2, 0.25) is 0 Å². The molecule has 0 aliphatic heterocycles. The Morgan fingerprint density at radius 1 is 0.615 bits per heavy atom. The third-order valence-corrected chi connectivity index (χ3v) is 6.21. The zero-order valence-corrected chi connectivity index (χ0v) is 18.3. The predicted octanol–water partition coefficient (Wildman–Crippen LogP) is 7.66. The molecule has 148 valence electrons. The standard InChI is InChI=1S/C25H42O/c1-24(2,3)21(17-19-13-9-7-10-14-19)23(26)22(25(4,5)6)18-20-15-11-8-12-16-20/h17-20H,7-16H2,1-6H3/b21-17-,22-18-. The Kier molecular flexibility index (Phi) is 7.34. The zero-order valence-electron chi connectivity index (χ0n) is 18.3. The molecule has 0 amide bonds. The van der Waals surface area contributed by atoms with Crippen molar-refractivity contribution in [2.24, 2.45) is 22.7 Å². The average molecular weight is 359 g/mol. The maximum atomic E-state index is 13.7. The van der Waals surface area contributed by atoms with E-state index in [0.717, 1.165) is 11.1 Å². The highest BCUT2D eigenvalue weighted by Crippen LogP contribution is 2.39. The summed E-state index contributed by atoms with van der Waals surface area (Å²) in [6.45, 7) is 13.3. The lowest BCUT2D eigenvalue weighted by Crippen LogP contribution is -2.27. The average Bonchev–Trinajstić information content (AvgIpc) is 2.57. The Bertz CT molecular complexity index is 475. The van der Waals surface area contributed by atoms with Crippen molar-refractivity contribution in [2.45, 2.75) is 106 Å². The second-order valence-corrected chi connectivity index (χ2v) is 10.8. The van der Waals surface area contributed by atoms with Crippen LogP contribution in [0, 0.1) is 22.7 Å². The maximum Gasteiger partial charge on any atom is 0.185 e. The van der Waals surface area contributed by atoms with Gasteiger partial charge in [0.05, 0.1) is 0 Å². The van der Waals surface area contributed by atoms with Crippen LogP contribution in [-0.2, 0) is 4.79 Å². The normalized spacial score (nSPS) is 22.5. The molecule has 0 atom stereocenters. The molecule has 0 spiro atoms. The fraction of sp³-hybridized carbons (Fsp3) is 0.800. The molecule has 2 rings (SSSR count). The Labute approximate surface area is 162 Å². The van der Waals surface area contributed by atoms with Crippen molar-refractivity contribution in [3.05, 3.63) is 23.3 Å². The van der Waals surface area contributed by atoms with Crippen molar-refractivity contribution >= 4 is 5.78 Å². The fourth-order valence-corrected chi connectivity index (χ4v) is 4.55. The number of Topliss-reactive ketones (excluding diaryl/α,β-unsaturated/α-hetero) is 1. The van der Waals surface area contributed by atoms with Gasteiger partial charge in [-0.3, -0.25) is 4.79 Å². The first-order valence-corrected chi connectivity index (χ1v) is 11.1. The van der Waals surface area contributed by atoms with E-state index in [1.165, 1.54) is 64.2 Å². The number of allylic oxidation sites excluding steroid dienone is 4. The smallest absolute Gasteiger partial charge is 0.185 e. The summed E-state index contributed by atoms with van der Waals surface area (Å²) in [6.07, 6.45) is 17.7. The van der Waals surface area contributed by atoms with Crippen LogP contribution in [0.4, 0.5) is 0 Å². The number of rotatable bonds is 4. The molecule has 1 heteroatoms. The zero-order chi connectivity index (χ0) is 19.4. The van der Waals surface area contributed by atoms with E-state index in [1.807, 2.05) is 0 Å². The van der Waals surface area contributed by atoms with E-state index in [4.69, 9.17) is 0 Å². The van der Waals surface area contributed by atoms with Gasteiger partial charge in [0.2, 0.25) is 0 Å². The molecule has 2 saturated carbocycles. The van der Waals surface area contributed by atoms with Gasteiger partial charge in [0.25, 0.3) is 0 Å². The summed E-state index contributed by atoms with van der Waals surface area (Å²) in [4.78, 5) is 13.7. The third-order valence-electron chi connectivity index (χ3n) is 6.21. The molecule has 2 aliphatic rings. The molecule has 0 aromatic rings. The quantitative estimate of drug-likeness (QED) is 0.471. The van der Waals surface area contributed by atoms with Gasteiger partial charge < -0.3 is 0 Å². The first kappa shape index (κ1) is 21.5. The molecule has 0 saturated heterocycles. The van der Waals surface area contributed by atoms with E-state index in [9.17, 15) is 4.79 Å². The first-order valence-electron chi connectivity index (χ1n) is 11.1. The van der Waals surface area contributed by atoms with E-state index < -0.39 is 0 Å². The lowest BCUT2D eigenvalue weighted by Gasteiger charge is -2.31. The number of carbonyl (C=O) groups excluding carboxylic acids is 1. The van der Waals surface area contributed by atoms with Crippen LogP contribution in [0.3, 0.4) is 0 Å². The van der Waals surface area contributed by atoms with Gasteiger partial charge in [0, 0.05) is 11.1 Å². The SMILES string of the molecule is CC(C)(C)/C(=C\C1CCCCC1)C(=O)/C(=C/C1CCCCC1)C(C)(C)C. The topological polar surface area (TPSA) is 17.1 Å². The summed E-state index contributed by atoms with van der Waals surface area (Å²) in [6, 6.07) is 0. The van der Waals surface area contributed by atoms with Crippen LogP contribution in [-0.4, -0.2) is 5.78 Å². The van der Waals surface area contributed by atoms with Crippen molar-refractivity contribution in [3.8, 4) is 0 Å². The molecule has 0 aromatic carbocycles. The Morgan fingerprint density at radius 3 is 1.19 bits per heavy atom. The summed E-state index contributed by atoms with van der Waals surface area (Å²) < 4.78 is 0. The summed E-state index contributed by atoms with van der Waals surface area (Å²) in [7, 11) is 0. The van der Waals surface area contributed by atoms with Gasteiger partial charge in [0.15, 0.2) is 5.78 Å². The van der Waals surface area contributed by atoms with Crippen LogP contribution in [0.5, 0.6) is 0 Å². The first-order chi connectivity index (χ1) is 12.1. The van der Waals surface area contributed by atoms with E-state index in [2.05, 4.69) is 53.7 Å². The Morgan fingerprint density at radius 2 is 0.923 bits per heavy atom. The van der Waals surface area contributed by atoms with Gasteiger partial charge in [-0.1, -0.05) is 92.2 Å². The summed E-state index contributed by atoms with van der Waals surface area (Å²) >= 11 is 0. The largest absolute Gasteiger partial charge is 0.289 e. The summed E-state index contributed by atoms with van der Waals surface area (Å²) in [5.74, 6) is 1.51. The van der Waals surface area contributed by atoms with Crippen molar-refractivity contribution in [3.63, 3.8) is 0 Å². The summed E-state index contributed by atoms with van der Waals surface area (Å²) in [5, 5.41) is 0. The molecule has 26 heavy (non-hydrogen) atoms. The molecular weight excluding hydrogens is 316 g/mol. The van der Waals surface area contributed by atoms with Crippen LogP contribution in [0.15, 0.2) is 23.3 Å². The molecule has 0 N–H and O–H groups in total. The van der Waals surface area contributed by atoms with E-state index in [1.54, 1.807) is 0 Å². The highest BCUT2D eigenvalue weighted by molar-refractivity contribution is 6.09. The minimum atomic E-state index is -0.0918. The molecule has 0 unspecified atom stereocenters. The van der Waals surface area contributed by atoms with Crippen LogP contribution >= 0.6 is 0 Å². The highest BCUT2D eigenvalue weighted by atomic mass is 16.1. The monoisotopic (exact) mass is 358 g/mol. The number of hydrogen-bond donors (Lipinski definition) is 0.